The largest absolute Gasteiger partial charge is 0.490 e. The molecule has 2 atom stereocenters. The third kappa shape index (κ3) is 5.55. The van der Waals surface area contributed by atoms with Gasteiger partial charge >= 0.3 is 0 Å². The quantitative estimate of drug-likeness (QED) is 0.796. The van der Waals surface area contributed by atoms with Crippen molar-refractivity contribution >= 4 is 0 Å². The molecule has 1 unspecified atom stereocenters. The van der Waals surface area contributed by atoms with Gasteiger partial charge in [-0.2, -0.15) is 0 Å². The Morgan fingerprint density at radius 3 is 2.53 bits per heavy atom. The van der Waals surface area contributed by atoms with Crippen LogP contribution >= 0.6 is 0 Å². The van der Waals surface area contributed by atoms with Crippen LogP contribution in [0.2, 0.25) is 0 Å². The highest BCUT2D eigenvalue weighted by molar-refractivity contribution is 5.36. The van der Waals surface area contributed by atoms with Gasteiger partial charge in [-0.3, -0.25) is 0 Å². The maximum atomic E-state index is 13.1. The maximum absolute atomic E-state index is 13.1. The molecule has 0 aliphatic heterocycles. The molecule has 0 heterocycles. The van der Waals surface area contributed by atoms with Crippen molar-refractivity contribution in [2.24, 2.45) is 5.73 Å². The molecule has 0 fully saturated rings. The van der Waals surface area contributed by atoms with E-state index in [1.165, 1.54) is 18.2 Å². The molecule has 1 aromatic rings. The Labute approximate surface area is 113 Å². The molecule has 0 saturated carbocycles. The molecule has 0 aliphatic rings. The van der Waals surface area contributed by atoms with Crippen LogP contribution in [0.1, 0.15) is 32.4 Å². The van der Waals surface area contributed by atoms with Crippen LogP contribution < -0.4 is 10.5 Å². The molecular weight excluding hydrogens is 249 g/mol. The summed E-state index contributed by atoms with van der Waals surface area (Å²) >= 11 is 0. The zero-order chi connectivity index (χ0) is 14.4. The summed E-state index contributed by atoms with van der Waals surface area (Å²) in [5, 5.41) is 9.69. The van der Waals surface area contributed by atoms with Gasteiger partial charge in [-0.1, -0.05) is 0 Å². The molecule has 1 aromatic carbocycles. The molecule has 5 heteroatoms. The Kier molecular flexibility index (Phi) is 6.21. The van der Waals surface area contributed by atoms with E-state index in [2.05, 4.69) is 0 Å². The predicted octanol–water partition coefficient (Wildman–Crippen LogP) is 2.01. The van der Waals surface area contributed by atoms with E-state index >= 15 is 0 Å². The lowest BCUT2D eigenvalue weighted by atomic mass is 10.1. The lowest BCUT2D eigenvalue weighted by Crippen LogP contribution is -2.25. The average molecular weight is 271 g/mol. The van der Waals surface area contributed by atoms with Gasteiger partial charge in [0.05, 0.1) is 12.7 Å². The van der Waals surface area contributed by atoms with Gasteiger partial charge in [0.1, 0.15) is 24.3 Å². The Hall–Kier alpha value is -1.17. The second kappa shape index (κ2) is 7.43. The smallest absolute Gasteiger partial charge is 0.124 e. The van der Waals surface area contributed by atoms with Crippen molar-refractivity contribution in [2.45, 2.75) is 39.0 Å². The van der Waals surface area contributed by atoms with Crippen molar-refractivity contribution in [1.29, 1.82) is 0 Å². The van der Waals surface area contributed by atoms with Gasteiger partial charge in [-0.25, -0.2) is 4.39 Å². The molecule has 0 amide bonds. The topological polar surface area (TPSA) is 64.7 Å². The Morgan fingerprint density at radius 1 is 1.26 bits per heavy atom. The third-order valence-corrected chi connectivity index (χ3v) is 2.52. The summed E-state index contributed by atoms with van der Waals surface area (Å²) in [6.07, 6.45) is -0.673. The number of aliphatic hydroxyl groups excluding tert-OH is 1. The minimum Gasteiger partial charge on any atom is -0.490 e. The molecule has 108 valence electrons. The van der Waals surface area contributed by atoms with Crippen molar-refractivity contribution in [1.82, 2.24) is 0 Å². The Balaban J connectivity index is 2.57. The normalized spacial score (nSPS) is 14.5. The summed E-state index contributed by atoms with van der Waals surface area (Å²) in [5.41, 5.74) is 6.33. The summed E-state index contributed by atoms with van der Waals surface area (Å²) in [4.78, 5) is 0. The maximum Gasteiger partial charge on any atom is 0.124 e. The van der Waals surface area contributed by atoms with Crippen molar-refractivity contribution in [2.75, 3.05) is 13.2 Å². The first-order valence-electron chi connectivity index (χ1n) is 6.37. The zero-order valence-electron chi connectivity index (χ0n) is 11.6. The van der Waals surface area contributed by atoms with Gasteiger partial charge in [0.2, 0.25) is 0 Å². The number of hydrogen-bond donors (Lipinski definition) is 2. The van der Waals surface area contributed by atoms with E-state index < -0.39 is 6.10 Å². The van der Waals surface area contributed by atoms with Crippen LogP contribution in [-0.2, 0) is 4.74 Å². The second-order valence-corrected chi connectivity index (χ2v) is 4.82. The van der Waals surface area contributed by atoms with Crippen molar-refractivity contribution in [3.05, 3.63) is 29.6 Å². The molecule has 19 heavy (non-hydrogen) atoms. The van der Waals surface area contributed by atoms with E-state index in [0.29, 0.717) is 11.3 Å². The van der Waals surface area contributed by atoms with Gasteiger partial charge in [0.15, 0.2) is 0 Å². The molecule has 0 saturated heterocycles. The van der Waals surface area contributed by atoms with E-state index in [4.69, 9.17) is 15.2 Å². The summed E-state index contributed by atoms with van der Waals surface area (Å²) in [5.74, 6) is 0.128. The van der Waals surface area contributed by atoms with E-state index in [1.54, 1.807) is 6.92 Å². The van der Waals surface area contributed by atoms with E-state index in [9.17, 15) is 9.50 Å². The number of halogens is 1. The van der Waals surface area contributed by atoms with Crippen LogP contribution in [0.4, 0.5) is 4.39 Å². The number of rotatable bonds is 7. The molecule has 4 nitrogen and oxygen atoms in total. The summed E-state index contributed by atoms with van der Waals surface area (Å²) in [6, 6.07) is 3.83. The predicted molar refractivity (Wildman–Crippen MR) is 71.6 cm³/mol. The number of hydrogen-bond acceptors (Lipinski definition) is 4. The first-order valence-corrected chi connectivity index (χ1v) is 6.37. The Morgan fingerprint density at radius 2 is 1.95 bits per heavy atom. The van der Waals surface area contributed by atoms with Crippen molar-refractivity contribution < 1.29 is 19.0 Å². The van der Waals surface area contributed by atoms with Gasteiger partial charge in [-0.15, -0.1) is 0 Å². The molecular formula is C14H22FNO3. The molecule has 0 radical (unpaired) electrons. The highest BCUT2D eigenvalue weighted by atomic mass is 19.1. The van der Waals surface area contributed by atoms with Crippen molar-refractivity contribution in [3.8, 4) is 5.75 Å². The molecule has 1 rings (SSSR count). The first-order chi connectivity index (χ1) is 8.90. The average Bonchev–Trinajstić information content (AvgIpc) is 2.34. The highest BCUT2D eigenvalue weighted by Crippen LogP contribution is 2.24. The van der Waals surface area contributed by atoms with Gasteiger partial charge < -0.3 is 20.3 Å². The molecule has 0 aliphatic carbocycles. The minimum absolute atomic E-state index is 0.0556. The van der Waals surface area contributed by atoms with Crippen LogP contribution in [0.3, 0.4) is 0 Å². The van der Waals surface area contributed by atoms with Gasteiger partial charge in [0, 0.05) is 11.6 Å². The monoisotopic (exact) mass is 271 g/mol. The summed E-state index contributed by atoms with van der Waals surface area (Å²) in [6.45, 7) is 5.81. The molecule has 0 spiro atoms. The van der Waals surface area contributed by atoms with Crippen LogP contribution in [0.15, 0.2) is 18.2 Å². The summed E-state index contributed by atoms with van der Waals surface area (Å²) < 4.78 is 23.9. The SMILES string of the molecule is CC(C)OCC(O)COc1ccc(F)cc1[C@H](C)N. The number of ether oxygens (including phenoxy) is 2. The first kappa shape index (κ1) is 15.9. The lowest BCUT2D eigenvalue weighted by molar-refractivity contribution is -0.0124. The number of nitrogens with two attached hydrogens (primary N) is 1. The standard InChI is InChI=1S/C14H22FNO3/c1-9(2)18-7-12(17)8-19-14-5-4-11(15)6-13(14)10(3)16/h4-6,9-10,12,17H,7-8,16H2,1-3H3/t10-,12?/m0/s1. The highest BCUT2D eigenvalue weighted by Gasteiger charge is 2.12. The van der Waals surface area contributed by atoms with Gasteiger partial charge in [0.25, 0.3) is 0 Å². The zero-order valence-corrected chi connectivity index (χ0v) is 11.6. The third-order valence-electron chi connectivity index (χ3n) is 2.52. The number of aliphatic hydroxyl groups is 1. The van der Waals surface area contributed by atoms with E-state index in [-0.39, 0.29) is 31.2 Å². The second-order valence-electron chi connectivity index (χ2n) is 4.82. The van der Waals surface area contributed by atoms with Gasteiger partial charge in [-0.05, 0) is 39.0 Å². The lowest BCUT2D eigenvalue weighted by Gasteiger charge is -2.17. The van der Waals surface area contributed by atoms with E-state index in [1.807, 2.05) is 13.8 Å². The van der Waals surface area contributed by atoms with Crippen LogP contribution in [-0.4, -0.2) is 30.5 Å². The fraction of sp³-hybridized carbons (Fsp3) is 0.571. The molecule has 0 aromatic heterocycles. The molecule has 3 N–H and O–H groups in total. The number of benzene rings is 1. The van der Waals surface area contributed by atoms with Crippen molar-refractivity contribution in [3.63, 3.8) is 0 Å². The van der Waals surface area contributed by atoms with Crippen LogP contribution in [0, 0.1) is 5.82 Å². The fourth-order valence-corrected chi connectivity index (χ4v) is 1.54. The van der Waals surface area contributed by atoms with E-state index in [0.717, 1.165) is 0 Å². The Bertz CT molecular complexity index is 396. The van der Waals surface area contributed by atoms with Crippen LogP contribution in [0.5, 0.6) is 5.75 Å². The fourth-order valence-electron chi connectivity index (χ4n) is 1.54. The van der Waals surface area contributed by atoms with Crippen LogP contribution in [0.25, 0.3) is 0 Å². The molecule has 0 bridgehead atoms. The minimum atomic E-state index is -0.728. The summed E-state index contributed by atoms with van der Waals surface area (Å²) in [7, 11) is 0.